The third-order valence-corrected chi connectivity index (χ3v) is 3.80. The number of thioether (sulfide) groups is 1. The summed E-state index contributed by atoms with van der Waals surface area (Å²) in [6.45, 7) is 0.592. The molecule has 0 unspecified atom stereocenters. The largest absolute Gasteiger partial charge is 0.463 e. The molecule has 0 atom stereocenters. The molecule has 5 heteroatoms. The van der Waals surface area contributed by atoms with Crippen LogP contribution in [-0.2, 0) is 12.3 Å². The Balaban J connectivity index is 2.00. The number of hydrogen-bond acceptors (Lipinski definition) is 3. The lowest BCUT2D eigenvalue weighted by Gasteiger charge is -2.07. The number of hydrogen-bond donors (Lipinski definition) is 1. The van der Waals surface area contributed by atoms with Crippen LogP contribution >= 0.6 is 35.0 Å². The highest BCUT2D eigenvalue weighted by Gasteiger charge is 2.05. The van der Waals surface area contributed by atoms with Gasteiger partial charge in [-0.3, -0.25) is 0 Å². The van der Waals surface area contributed by atoms with Crippen LogP contribution in [-0.4, -0.2) is 6.26 Å². The number of nitrogens with one attached hydrogen (secondary N) is 1. The van der Waals surface area contributed by atoms with Crippen molar-refractivity contribution in [2.45, 2.75) is 12.3 Å². The summed E-state index contributed by atoms with van der Waals surface area (Å²) in [5.41, 5.74) is 0.812. The summed E-state index contributed by atoms with van der Waals surface area (Å²) >= 11 is 13.8. The molecule has 0 bridgehead atoms. The van der Waals surface area contributed by atoms with Crippen LogP contribution in [0, 0.1) is 0 Å². The summed E-state index contributed by atoms with van der Waals surface area (Å²) in [6, 6.07) is 9.47. The Labute approximate surface area is 121 Å². The first-order valence-electron chi connectivity index (χ1n) is 5.45. The number of anilines is 1. The summed E-state index contributed by atoms with van der Waals surface area (Å²) in [4.78, 5) is 0. The van der Waals surface area contributed by atoms with Crippen molar-refractivity contribution in [1.29, 1.82) is 0 Å². The molecule has 0 aliphatic rings. The standard InChI is InChI=1S/C13H13Cl2NOS/c1-18-8-10-6-5-9(17-10)7-16-12-4-2-3-11(14)13(12)15/h2-6,16H,7-8H2,1H3. The van der Waals surface area contributed by atoms with E-state index in [1.807, 2.05) is 30.5 Å². The van der Waals surface area contributed by atoms with Gasteiger partial charge in [-0.15, -0.1) is 0 Å². The zero-order chi connectivity index (χ0) is 13.0. The summed E-state index contributed by atoms with van der Waals surface area (Å²) < 4.78 is 5.66. The molecule has 0 saturated heterocycles. The summed E-state index contributed by atoms with van der Waals surface area (Å²) in [5.74, 6) is 2.75. The molecule has 2 nitrogen and oxygen atoms in total. The molecule has 0 spiro atoms. The quantitative estimate of drug-likeness (QED) is 0.835. The molecule has 0 saturated carbocycles. The maximum Gasteiger partial charge on any atom is 0.123 e. The van der Waals surface area contributed by atoms with Gasteiger partial charge in [0.1, 0.15) is 11.5 Å². The van der Waals surface area contributed by atoms with Gasteiger partial charge >= 0.3 is 0 Å². The fourth-order valence-corrected chi connectivity index (χ4v) is 2.37. The Morgan fingerprint density at radius 2 is 1.94 bits per heavy atom. The normalized spacial score (nSPS) is 10.6. The van der Waals surface area contributed by atoms with Crippen molar-refractivity contribution < 1.29 is 4.42 Å². The number of furan rings is 1. The molecule has 0 aliphatic heterocycles. The van der Waals surface area contributed by atoms with Gasteiger partial charge in [-0.05, 0) is 30.5 Å². The second-order valence-corrected chi connectivity index (χ2v) is 5.41. The highest BCUT2D eigenvalue weighted by atomic mass is 35.5. The average Bonchev–Trinajstić information content (AvgIpc) is 2.79. The molecule has 0 radical (unpaired) electrons. The summed E-state index contributed by atoms with van der Waals surface area (Å²) in [7, 11) is 0. The minimum atomic E-state index is 0.537. The molecule has 96 valence electrons. The van der Waals surface area contributed by atoms with Gasteiger partial charge in [-0.2, -0.15) is 11.8 Å². The lowest BCUT2D eigenvalue weighted by Crippen LogP contribution is -1.98. The maximum absolute atomic E-state index is 6.09. The molecular formula is C13H13Cl2NOS. The fraction of sp³-hybridized carbons (Fsp3) is 0.231. The van der Waals surface area contributed by atoms with Crippen LogP contribution in [0.1, 0.15) is 11.5 Å². The Morgan fingerprint density at radius 1 is 1.17 bits per heavy atom. The van der Waals surface area contributed by atoms with Crippen molar-refractivity contribution in [3.63, 3.8) is 0 Å². The van der Waals surface area contributed by atoms with Gasteiger partial charge in [0.15, 0.2) is 0 Å². The third kappa shape index (κ3) is 3.37. The van der Waals surface area contributed by atoms with E-state index in [0.29, 0.717) is 16.6 Å². The fourth-order valence-electron chi connectivity index (χ4n) is 1.56. The van der Waals surface area contributed by atoms with Gasteiger partial charge < -0.3 is 9.73 Å². The Hall–Kier alpha value is -0.770. The Morgan fingerprint density at radius 3 is 2.72 bits per heavy atom. The molecule has 1 N–H and O–H groups in total. The van der Waals surface area contributed by atoms with Crippen molar-refractivity contribution in [2.75, 3.05) is 11.6 Å². The van der Waals surface area contributed by atoms with E-state index in [4.69, 9.17) is 27.6 Å². The molecule has 1 aromatic carbocycles. The van der Waals surface area contributed by atoms with Crippen molar-refractivity contribution in [2.24, 2.45) is 0 Å². The molecule has 0 fully saturated rings. The smallest absolute Gasteiger partial charge is 0.123 e. The van der Waals surface area contributed by atoms with Crippen LogP contribution < -0.4 is 5.32 Å². The Bertz CT molecular complexity index is 527. The zero-order valence-corrected chi connectivity index (χ0v) is 12.2. The van der Waals surface area contributed by atoms with Gasteiger partial charge in [0, 0.05) is 0 Å². The topological polar surface area (TPSA) is 25.2 Å². The minimum absolute atomic E-state index is 0.537. The van der Waals surface area contributed by atoms with E-state index >= 15 is 0 Å². The van der Waals surface area contributed by atoms with Crippen LogP contribution in [0.15, 0.2) is 34.7 Å². The van der Waals surface area contributed by atoms with Crippen molar-refractivity contribution >= 4 is 40.7 Å². The first kappa shape index (κ1) is 13.7. The van der Waals surface area contributed by atoms with Crippen LogP contribution in [0.3, 0.4) is 0 Å². The van der Waals surface area contributed by atoms with Crippen LogP contribution in [0.25, 0.3) is 0 Å². The molecule has 18 heavy (non-hydrogen) atoms. The van der Waals surface area contributed by atoms with Gasteiger partial charge in [0.25, 0.3) is 0 Å². The first-order chi connectivity index (χ1) is 8.70. The second-order valence-electron chi connectivity index (χ2n) is 3.76. The predicted molar refractivity (Wildman–Crippen MR) is 79.7 cm³/mol. The zero-order valence-electron chi connectivity index (χ0n) is 9.87. The van der Waals surface area contributed by atoms with E-state index in [9.17, 15) is 0 Å². The van der Waals surface area contributed by atoms with E-state index in [-0.39, 0.29) is 0 Å². The number of halogens is 2. The molecule has 2 rings (SSSR count). The van der Waals surface area contributed by atoms with Gasteiger partial charge in [0.2, 0.25) is 0 Å². The lowest BCUT2D eigenvalue weighted by molar-refractivity contribution is 0.487. The minimum Gasteiger partial charge on any atom is -0.463 e. The molecule has 2 aromatic rings. The van der Waals surface area contributed by atoms with Gasteiger partial charge in [-0.1, -0.05) is 29.3 Å². The Kier molecular flexibility index (Phi) is 4.87. The van der Waals surface area contributed by atoms with Gasteiger partial charge in [-0.25, -0.2) is 0 Å². The van der Waals surface area contributed by atoms with Crippen LogP contribution in [0.2, 0.25) is 10.0 Å². The van der Waals surface area contributed by atoms with E-state index in [1.165, 1.54) is 0 Å². The van der Waals surface area contributed by atoms with E-state index in [1.54, 1.807) is 17.8 Å². The molecule has 1 heterocycles. The van der Waals surface area contributed by atoms with Crippen LogP contribution in [0.5, 0.6) is 0 Å². The predicted octanol–water partition coefficient (Wildman–Crippen LogP) is 5.06. The van der Waals surface area contributed by atoms with Crippen molar-refractivity contribution in [1.82, 2.24) is 0 Å². The summed E-state index contributed by atoms with van der Waals surface area (Å²) in [6.07, 6.45) is 2.05. The molecule has 0 amide bonds. The number of rotatable bonds is 5. The third-order valence-electron chi connectivity index (χ3n) is 2.41. The molecule has 0 aliphatic carbocycles. The van der Waals surface area contributed by atoms with Gasteiger partial charge in [0.05, 0.1) is 28.0 Å². The second kappa shape index (κ2) is 6.41. The summed E-state index contributed by atoms with van der Waals surface area (Å²) in [5, 5.41) is 4.29. The number of benzene rings is 1. The lowest BCUT2D eigenvalue weighted by atomic mass is 10.3. The first-order valence-corrected chi connectivity index (χ1v) is 7.60. The average molecular weight is 302 g/mol. The van der Waals surface area contributed by atoms with Crippen LogP contribution in [0.4, 0.5) is 5.69 Å². The van der Waals surface area contributed by atoms with E-state index < -0.39 is 0 Å². The van der Waals surface area contributed by atoms with E-state index in [0.717, 1.165) is 23.0 Å². The van der Waals surface area contributed by atoms with Crippen molar-refractivity contribution in [3.05, 3.63) is 51.9 Å². The maximum atomic E-state index is 6.09. The molecule has 1 aromatic heterocycles. The monoisotopic (exact) mass is 301 g/mol. The molecular weight excluding hydrogens is 289 g/mol. The highest BCUT2D eigenvalue weighted by Crippen LogP contribution is 2.29. The van der Waals surface area contributed by atoms with Crippen molar-refractivity contribution in [3.8, 4) is 0 Å². The van der Waals surface area contributed by atoms with E-state index in [2.05, 4.69) is 5.32 Å². The highest BCUT2D eigenvalue weighted by molar-refractivity contribution is 7.97. The SMILES string of the molecule is CSCc1ccc(CNc2cccc(Cl)c2Cl)o1.